The molecule has 0 bridgehead atoms. The SMILES string of the molecule is O=C(OCCCCCCCCC[P+](c1ccccc1)(c1ccccc1)c1ccccc1)c1ccccc1O. The summed E-state index contributed by atoms with van der Waals surface area (Å²) in [5.74, 6) is -0.485. The summed E-state index contributed by atoms with van der Waals surface area (Å²) in [6.45, 7) is 0.394. The summed E-state index contributed by atoms with van der Waals surface area (Å²) in [4.78, 5) is 12.1. The molecule has 4 aromatic carbocycles. The van der Waals surface area contributed by atoms with Crippen molar-refractivity contribution in [2.75, 3.05) is 12.8 Å². The number of hydrogen-bond acceptors (Lipinski definition) is 3. The van der Waals surface area contributed by atoms with Crippen molar-refractivity contribution in [3.05, 3.63) is 121 Å². The predicted molar refractivity (Wildman–Crippen MR) is 161 cm³/mol. The van der Waals surface area contributed by atoms with Crippen LogP contribution in [0.15, 0.2) is 115 Å². The summed E-state index contributed by atoms with van der Waals surface area (Å²) < 4.78 is 5.32. The summed E-state index contributed by atoms with van der Waals surface area (Å²) in [7, 11) is -1.73. The van der Waals surface area contributed by atoms with Crippen LogP contribution >= 0.6 is 7.26 Å². The lowest BCUT2D eigenvalue weighted by molar-refractivity contribution is 0.0494. The molecule has 196 valence electrons. The van der Waals surface area contributed by atoms with E-state index >= 15 is 0 Å². The van der Waals surface area contributed by atoms with Crippen LogP contribution in [0.1, 0.15) is 55.3 Å². The zero-order valence-corrected chi connectivity index (χ0v) is 22.9. The van der Waals surface area contributed by atoms with E-state index in [1.807, 2.05) is 0 Å². The van der Waals surface area contributed by atoms with Gasteiger partial charge in [0.05, 0.1) is 12.8 Å². The van der Waals surface area contributed by atoms with Crippen molar-refractivity contribution >= 4 is 29.1 Å². The third-order valence-corrected chi connectivity index (χ3v) is 11.6. The fraction of sp³-hybridized carbons (Fsp3) is 0.265. The number of phenolic OH excluding ortho intramolecular Hbond substituents is 1. The smallest absolute Gasteiger partial charge is 0.341 e. The Kier molecular flexibility index (Phi) is 10.5. The van der Waals surface area contributed by atoms with Crippen LogP contribution in [0.5, 0.6) is 5.75 Å². The molecule has 0 heterocycles. The van der Waals surface area contributed by atoms with Crippen molar-refractivity contribution in [3.63, 3.8) is 0 Å². The summed E-state index contributed by atoms with van der Waals surface area (Å²) in [5.41, 5.74) is 0.230. The van der Waals surface area contributed by atoms with Gasteiger partial charge in [0.25, 0.3) is 0 Å². The highest BCUT2D eigenvalue weighted by molar-refractivity contribution is 7.95. The van der Waals surface area contributed by atoms with Crippen molar-refractivity contribution in [3.8, 4) is 5.75 Å². The first kappa shape index (κ1) is 27.6. The molecule has 4 heteroatoms. The first-order valence-corrected chi connectivity index (χ1v) is 15.7. The highest BCUT2D eigenvalue weighted by Crippen LogP contribution is 2.56. The normalized spacial score (nSPS) is 11.3. The van der Waals surface area contributed by atoms with Gasteiger partial charge in [-0.25, -0.2) is 4.79 Å². The van der Waals surface area contributed by atoms with Crippen LogP contribution < -0.4 is 15.9 Å². The maximum atomic E-state index is 12.1. The molecule has 0 aromatic heterocycles. The van der Waals surface area contributed by atoms with Crippen molar-refractivity contribution in [2.45, 2.75) is 44.9 Å². The Labute approximate surface area is 227 Å². The zero-order valence-electron chi connectivity index (χ0n) is 22.0. The Morgan fingerprint density at radius 3 is 1.47 bits per heavy atom. The number of rotatable bonds is 14. The summed E-state index contributed by atoms with van der Waals surface area (Å²) in [6, 6.07) is 39.8. The Morgan fingerprint density at radius 2 is 0.974 bits per heavy atom. The lowest BCUT2D eigenvalue weighted by atomic mass is 10.1. The van der Waals surface area contributed by atoms with Gasteiger partial charge in [-0.05, 0) is 67.8 Å². The van der Waals surface area contributed by atoms with Crippen LogP contribution in [0.3, 0.4) is 0 Å². The number of phenols is 1. The molecule has 1 N–H and O–H groups in total. The average molecular weight is 526 g/mol. The highest BCUT2D eigenvalue weighted by Gasteiger charge is 2.44. The number of carbonyl (C=O) groups is 1. The molecule has 0 saturated heterocycles. The molecule has 0 radical (unpaired) electrons. The Balaban J connectivity index is 1.26. The van der Waals surface area contributed by atoms with Crippen LogP contribution in [-0.4, -0.2) is 23.8 Å². The van der Waals surface area contributed by atoms with Crippen molar-refractivity contribution in [1.82, 2.24) is 0 Å². The molecule has 38 heavy (non-hydrogen) atoms. The monoisotopic (exact) mass is 525 g/mol. The Morgan fingerprint density at radius 1 is 0.553 bits per heavy atom. The van der Waals surface area contributed by atoms with Gasteiger partial charge in [0.15, 0.2) is 0 Å². The van der Waals surface area contributed by atoms with Gasteiger partial charge in [-0.1, -0.05) is 92.4 Å². The number of benzene rings is 4. The summed E-state index contributed by atoms with van der Waals surface area (Å²) in [6.07, 6.45) is 9.04. The molecule has 0 amide bonds. The Bertz CT molecular complexity index is 1150. The number of aromatic hydroxyl groups is 1. The van der Waals surface area contributed by atoms with Crippen LogP contribution in [-0.2, 0) is 4.74 Å². The van der Waals surface area contributed by atoms with Crippen LogP contribution in [0.2, 0.25) is 0 Å². The van der Waals surface area contributed by atoms with Crippen molar-refractivity contribution in [2.24, 2.45) is 0 Å². The van der Waals surface area contributed by atoms with E-state index < -0.39 is 13.2 Å². The molecule has 4 rings (SSSR count). The molecule has 4 aromatic rings. The predicted octanol–water partition coefficient (Wildman–Crippen LogP) is 7.27. The van der Waals surface area contributed by atoms with E-state index in [0.717, 1.165) is 19.3 Å². The van der Waals surface area contributed by atoms with Crippen molar-refractivity contribution in [1.29, 1.82) is 0 Å². The number of hydrogen-bond donors (Lipinski definition) is 1. The number of ether oxygens (including phenoxy) is 1. The summed E-state index contributed by atoms with van der Waals surface area (Å²) >= 11 is 0. The van der Waals surface area contributed by atoms with Gasteiger partial charge in [-0.2, -0.15) is 0 Å². The average Bonchev–Trinajstić information content (AvgIpc) is 2.97. The van der Waals surface area contributed by atoms with Crippen LogP contribution in [0.25, 0.3) is 0 Å². The first-order valence-electron chi connectivity index (χ1n) is 13.7. The molecule has 0 fully saturated rings. The van der Waals surface area contributed by atoms with E-state index in [2.05, 4.69) is 91.0 Å². The standard InChI is InChI=1S/C34H37O3P/c35-33-26-16-15-25-32(33)34(36)37-27-17-4-2-1-3-5-18-28-38(29-19-9-6-10-20-29,30-21-11-7-12-22-30)31-23-13-8-14-24-31/h6-16,19-26H,1-5,17-18,27-28H2/p+1. The van der Waals surface area contributed by atoms with E-state index in [1.165, 1.54) is 53.8 Å². The number of carbonyl (C=O) groups excluding carboxylic acids is 1. The number of esters is 1. The second-order valence-corrected chi connectivity index (χ2v) is 13.3. The fourth-order valence-electron chi connectivity index (χ4n) is 5.11. The van der Waals surface area contributed by atoms with Crippen LogP contribution in [0, 0.1) is 0 Å². The molecular formula is C34H38O3P+. The van der Waals surface area contributed by atoms with E-state index in [1.54, 1.807) is 18.2 Å². The van der Waals surface area contributed by atoms with E-state index in [4.69, 9.17) is 4.74 Å². The minimum atomic E-state index is -1.73. The van der Waals surface area contributed by atoms with Gasteiger partial charge in [0, 0.05) is 0 Å². The first-order chi connectivity index (χ1) is 18.7. The van der Waals surface area contributed by atoms with E-state index in [9.17, 15) is 9.90 Å². The minimum Gasteiger partial charge on any atom is -0.507 e. The Hall–Kier alpha value is -3.42. The van der Waals surface area contributed by atoms with Crippen LogP contribution in [0.4, 0.5) is 0 Å². The van der Waals surface area contributed by atoms with Gasteiger partial charge in [0.1, 0.15) is 34.5 Å². The quantitative estimate of drug-likeness (QED) is 0.107. The van der Waals surface area contributed by atoms with Crippen molar-refractivity contribution < 1.29 is 14.6 Å². The molecule has 0 spiro atoms. The summed E-state index contributed by atoms with van der Waals surface area (Å²) in [5, 5.41) is 14.1. The lowest BCUT2D eigenvalue weighted by Gasteiger charge is -2.27. The topological polar surface area (TPSA) is 46.5 Å². The molecular weight excluding hydrogens is 487 g/mol. The fourth-order valence-corrected chi connectivity index (χ4v) is 9.52. The van der Waals surface area contributed by atoms with Gasteiger partial charge in [-0.15, -0.1) is 0 Å². The number of para-hydroxylation sites is 1. The zero-order chi connectivity index (χ0) is 26.5. The number of unbranched alkanes of at least 4 members (excludes halogenated alkanes) is 6. The van der Waals surface area contributed by atoms with Gasteiger partial charge < -0.3 is 9.84 Å². The second-order valence-electron chi connectivity index (χ2n) is 9.67. The molecule has 0 aliphatic rings. The minimum absolute atomic E-state index is 0.0317. The highest BCUT2D eigenvalue weighted by atomic mass is 31.2. The third kappa shape index (κ3) is 7.11. The molecule has 0 saturated carbocycles. The van der Waals surface area contributed by atoms with Gasteiger partial charge in [0.2, 0.25) is 0 Å². The van der Waals surface area contributed by atoms with Gasteiger partial charge >= 0.3 is 5.97 Å². The molecule has 0 aliphatic carbocycles. The molecule has 0 unspecified atom stereocenters. The lowest BCUT2D eigenvalue weighted by Crippen LogP contribution is -2.33. The van der Waals surface area contributed by atoms with E-state index in [-0.39, 0.29) is 11.3 Å². The molecule has 0 aliphatic heterocycles. The molecule has 0 atom stereocenters. The maximum Gasteiger partial charge on any atom is 0.341 e. The largest absolute Gasteiger partial charge is 0.507 e. The molecule has 3 nitrogen and oxygen atoms in total. The van der Waals surface area contributed by atoms with Gasteiger partial charge in [-0.3, -0.25) is 0 Å². The third-order valence-electron chi connectivity index (χ3n) is 7.09. The second kappa shape index (κ2) is 14.5. The van der Waals surface area contributed by atoms with E-state index in [0.29, 0.717) is 6.61 Å². The maximum absolute atomic E-state index is 12.1.